The molecule has 10 heavy (non-hydrogen) atoms. The molecule has 0 aliphatic carbocycles. The van der Waals surface area contributed by atoms with Crippen molar-refractivity contribution >= 4 is 97.8 Å². The minimum absolute atomic E-state index is 0. The molecule has 8 nitrogen and oxygen atoms in total. The second-order valence-electron chi connectivity index (χ2n) is 0.447. The Morgan fingerprint density at radius 1 is 0.800 bits per heavy atom. The van der Waals surface area contributed by atoms with Gasteiger partial charge in [-0.25, -0.2) is 0 Å². The normalized spacial score (nSPS) is 4.80. The Balaban J connectivity index is -0.0000000112. The Labute approximate surface area is 138 Å². The summed E-state index contributed by atoms with van der Waals surface area (Å²) in [7, 11) is 0. The second-order valence-corrected chi connectivity index (χ2v) is 0.447. The van der Waals surface area contributed by atoms with Crippen molar-refractivity contribution in [2.75, 3.05) is 0 Å². The van der Waals surface area contributed by atoms with Crippen molar-refractivity contribution in [3.63, 3.8) is 0 Å². The largest absolute Gasteiger partial charge is 2.00 e. The van der Waals surface area contributed by atoms with Gasteiger partial charge in [-0.15, -0.1) is 0 Å². The van der Waals surface area contributed by atoms with Crippen LogP contribution in [0.5, 0.6) is 0 Å². The number of rotatable bonds is 0. The fourth-order valence-electron chi connectivity index (χ4n) is 0. The Morgan fingerprint density at radius 3 is 0.800 bits per heavy atom. The van der Waals surface area contributed by atoms with Gasteiger partial charge in [0, 0.05) is 0 Å². The van der Waals surface area contributed by atoms with Crippen molar-refractivity contribution in [1.29, 1.82) is 0 Å². The van der Waals surface area contributed by atoms with E-state index < -0.39 is 10.2 Å². The smallest absolute Gasteiger partial charge is 1.00 e. The van der Waals surface area contributed by atoms with E-state index in [4.69, 9.17) is 30.6 Å². The maximum absolute atomic E-state index is 8.25. The Hall–Kier alpha value is 1.54. The van der Waals surface area contributed by atoms with Gasteiger partial charge in [0.25, 0.3) is 0 Å². The zero-order valence-corrected chi connectivity index (χ0v) is 13.6. The van der Waals surface area contributed by atoms with Crippen molar-refractivity contribution in [1.82, 2.24) is 0 Å². The van der Waals surface area contributed by atoms with Crippen molar-refractivity contribution in [2.45, 2.75) is 0 Å². The molecule has 0 bridgehead atoms. The summed E-state index contributed by atoms with van der Waals surface area (Å²) in [5.41, 5.74) is 0. The van der Waals surface area contributed by atoms with E-state index in [1.807, 2.05) is 0 Å². The molecule has 0 aromatic carbocycles. The first-order chi connectivity index (χ1) is 3.46. The van der Waals surface area contributed by atoms with E-state index in [9.17, 15) is 0 Å². The summed E-state index contributed by atoms with van der Waals surface area (Å²) in [6.45, 7) is 0. The van der Waals surface area contributed by atoms with Crippen LogP contribution in [0.4, 0.5) is 0 Å². The number of hydrogen-bond donors (Lipinski definition) is 0. The molecule has 0 atom stereocenters. The first-order valence-corrected chi connectivity index (χ1v) is 1.10. The molecule has 0 aliphatic rings. The predicted molar refractivity (Wildman–Crippen MR) is 34.5 cm³/mol. The van der Waals surface area contributed by atoms with E-state index >= 15 is 0 Å². The molecule has 0 rings (SSSR count). The van der Waals surface area contributed by atoms with E-state index in [1.165, 1.54) is 0 Å². The maximum atomic E-state index is 8.25. The molecule has 0 radical (unpaired) electrons. The van der Waals surface area contributed by atoms with Gasteiger partial charge in [-0.3, -0.25) is 0 Å². The minimum Gasteiger partial charge on any atom is -1.00 e. The maximum Gasteiger partial charge on any atom is 2.00 e. The summed E-state index contributed by atoms with van der Waals surface area (Å²) >= 11 is 0. The van der Waals surface area contributed by atoms with Crippen LogP contribution in [0.25, 0.3) is 0 Å². The van der Waals surface area contributed by atoms with Crippen molar-refractivity contribution in [3.05, 3.63) is 30.6 Å². The summed E-state index contributed by atoms with van der Waals surface area (Å²) in [5.74, 6) is 0. The number of hydrogen-bond acceptors (Lipinski definition) is 6. The van der Waals surface area contributed by atoms with Gasteiger partial charge in [-0.1, -0.05) is 0 Å². The molecule has 0 heterocycles. The van der Waals surface area contributed by atoms with Crippen LogP contribution in [0.2, 0.25) is 0 Å². The van der Waals surface area contributed by atoms with Crippen LogP contribution in [0, 0.1) is 30.6 Å². The van der Waals surface area contributed by atoms with Crippen molar-refractivity contribution in [2.24, 2.45) is 0 Å². The minimum atomic E-state index is -1.75. The Bertz CT molecular complexity index is 79.5. The van der Waals surface area contributed by atoms with E-state index in [0.717, 1.165) is 0 Å². The van der Waals surface area contributed by atoms with Crippen LogP contribution in [0.15, 0.2) is 0 Å². The van der Waals surface area contributed by atoms with Gasteiger partial charge >= 0.3 is 97.8 Å². The van der Waals surface area contributed by atoms with Crippen molar-refractivity contribution in [3.8, 4) is 0 Å². The molecule has 0 fully saturated rings. The predicted octanol–water partition coefficient (Wildman–Crippen LogP) is -1.01. The number of nitrogens with zero attached hydrogens (tertiary/aromatic N) is 2. The molecule has 0 aromatic rings. The van der Waals surface area contributed by atoms with Crippen LogP contribution >= 0.6 is 0 Å². The van der Waals surface area contributed by atoms with Gasteiger partial charge in [0.2, 0.25) is 0 Å². The average molecular weight is 401 g/mol. The van der Waals surface area contributed by atoms with Gasteiger partial charge < -0.3 is 33.5 Å². The molecular formula is H2Ba2N2O6. The molecule has 0 saturated heterocycles. The first-order valence-electron chi connectivity index (χ1n) is 1.10. The summed E-state index contributed by atoms with van der Waals surface area (Å²) in [6.07, 6.45) is 0. The zero-order valence-electron chi connectivity index (χ0n) is 6.76. The van der Waals surface area contributed by atoms with Crippen LogP contribution < -0.4 is 0 Å². The standard InChI is InChI=1S/2Ba.2NO3.2H/c;;2*2-1(3)4;;/q2*+2;4*-1. The summed E-state index contributed by atoms with van der Waals surface area (Å²) in [6, 6.07) is 0. The van der Waals surface area contributed by atoms with Gasteiger partial charge in [0.05, 0.1) is 10.2 Å². The SMILES string of the molecule is O=[N+]([O-])[O-].O=[N+]([O-])[O-].[Ba+2].[Ba+2].[H-].[H-]. The van der Waals surface area contributed by atoms with E-state index in [2.05, 4.69) is 0 Å². The van der Waals surface area contributed by atoms with Crippen molar-refractivity contribution < 1.29 is 13.0 Å². The molecule has 10 heteroatoms. The Morgan fingerprint density at radius 2 is 0.800 bits per heavy atom. The fourth-order valence-corrected chi connectivity index (χ4v) is 0. The zero-order chi connectivity index (χ0) is 7.15. The molecule has 0 aromatic heterocycles. The van der Waals surface area contributed by atoms with Gasteiger partial charge in [-0.2, -0.15) is 0 Å². The molecule has 0 aliphatic heterocycles. The first kappa shape index (κ1) is 22.6. The van der Waals surface area contributed by atoms with Gasteiger partial charge in [-0.05, 0) is 0 Å². The fraction of sp³-hybridized carbons (Fsp3) is 0. The topological polar surface area (TPSA) is 132 Å². The quantitative estimate of drug-likeness (QED) is 0.290. The van der Waals surface area contributed by atoms with Gasteiger partial charge in [0.15, 0.2) is 0 Å². The van der Waals surface area contributed by atoms with Crippen LogP contribution in [0.1, 0.15) is 2.85 Å². The second kappa shape index (κ2) is 16.9. The third kappa shape index (κ3) is 293. The molecule has 0 spiro atoms. The van der Waals surface area contributed by atoms with Crippen LogP contribution in [-0.2, 0) is 0 Å². The van der Waals surface area contributed by atoms with E-state index in [1.54, 1.807) is 0 Å². The summed E-state index contributed by atoms with van der Waals surface area (Å²) < 4.78 is 0. The summed E-state index contributed by atoms with van der Waals surface area (Å²) in [5, 5.41) is 29.5. The van der Waals surface area contributed by atoms with Gasteiger partial charge in [0.1, 0.15) is 0 Å². The molecule has 0 N–H and O–H groups in total. The third-order valence-electron chi connectivity index (χ3n) is 0. The molecule has 0 unspecified atom stereocenters. The van der Waals surface area contributed by atoms with Crippen LogP contribution in [-0.4, -0.2) is 108 Å². The van der Waals surface area contributed by atoms with E-state index in [-0.39, 0.29) is 101 Å². The summed E-state index contributed by atoms with van der Waals surface area (Å²) in [4.78, 5) is 16.5. The van der Waals surface area contributed by atoms with E-state index in [0.29, 0.717) is 0 Å². The third-order valence-corrected chi connectivity index (χ3v) is 0. The molecule has 52 valence electrons. The average Bonchev–Trinajstić information content (AvgIpc) is 1.25. The Kier molecular flexibility index (Phi) is 38.1. The monoisotopic (exact) mass is 402 g/mol. The molecular weight excluding hydrogens is 399 g/mol. The molecule has 0 amide bonds. The molecule has 0 saturated carbocycles. The van der Waals surface area contributed by atoms with Crippen LogP contribution in [0.3, 0.4) is 0 Å².